The third kappa shape index (κ3) is 2.81. The largest absolute Gasteiger partial charge is 0.519 e. The molecule has 0 N–H and O–H groups in total. The van der Waals surface area contributed by atoms with E-state index >= 15 is 0 Å². The van der Waals surface area contributed by atoms with Gasteiger partial charge in [-0.1, -0.05) is 18.7 Å². The van der Waals surface area contributed by atoms with Gasteiger partial charge < -0.3 is 13.6 Å². The number of carbonyl (C=O) groups excluding carboxylic acids is 1. The molecule has 0 aliphatic rings. The second kappa shape index (κ2) is 4.71. The van der Waals surface area contributed by atoms with E-state index in [-0.39, 0.29) is 18.1 Å². The van der Waals surface area contributed by atoms with Crippen LogP contribution in [0.15, 0.2) is 19.7 Å². The topological polar surface area (TPSA) is 69.7 Å². The van der Waals surface area contributed by atoms with Gasteiger partial charge in [0.2, 0.25) is 0 Å². The lowest BCUT2D eigenvalue weighted by molar-refractivity contribution is 0.158. The minimum absolute atomic E-state index is 0.163. The average Bonchev–Trinajstić information content (AvgIpc) is 2.44. The SMILES string of the molecule is C/C=C/c1oc(=O)oc1COC(=O)S. The highest BCUT2D eigenvalue weighted by Gasteiger charge is 2.11. The van der Waals surface area contributed by atoms with Gasteiger partial charge in [0.25, 0.3) is 0 Å². The molecule has 1 aromatic rings. The monoisotopic (exact) mass is 216 g/mol. The highest BCUT2D eigenvalue weighted by atomic mass is 32.1. The van der Waals surface area contributed by atoms with E-state index < -0.39 is 11.1 Å². The fraction of sp³-hybridized carbons (Fsp3) is 0.250. The molecule has 1 heterocycles. The van der Waals surface area contributed by atoms with Crippen LogP contribution in [0.1, 0.15) is 18.4 Å². The van der Waals surface area contributed by atoms with Gasteiger partial charge in [0.1, 0.15) is 0 Å². The van der Waals surface area contributed by atoms with Gasteiger partial charge in [-0.3, -0.25) is 0 Å². The van der Waals surface area contributed by atoms with E-state index in [1.165, 1.54) is 6.08 Å². The van der Waals surface area contributed by atoms with Crippen LogP contribution >= 0.6 is 12.6 Å². The minimum Gasteiger partial charge on any atom is -0.449 e. The lowest BCUT2D eigenvalue weighted by Crippen LogP contribution is -1.95. The molecule has 76 valence electrons. The van der Waals surface area contributed by atoms with Crippen molar-refractivity contribution in [3.8, 4) is 0 Å². The van der Waals surface area contributed by atoms with Crippen LogP contribution in [0.5, 0.6) is 0 Å². The van der Waals surface area contributed by atoms with E-state index in [1.54, 1.807) is 13.0 Å². The summed E-state index contributed by atoms with van der Waals surface area (Å²) in [7, 11) is 0. The zero-order chi connectivity index (χ0) is 10.6. The van der Waals surface area contributed by atoms with Crippen LogP contribution in [-0.2, 0) is 11.3 Å². The summed E-state index contributed by atoms with van der Waals surface area (Å²) in [6.07, 6.45) is 3.20. The lowest BCUT2D eigenvalue weighted by Gasteiger charge is -1.95. The first kappa shape index (κ1) is 10.6. The number of carbonyl (C=O) groups is 1. The van der Waals surface area contributed by atoms with E-state index in [2.05, 4.69) is 26.2 Å². The molecule has 0 amide bonds. The molecule has 6 heteroatoms. The van der Waals surface area contributed by atoms with Crippen molar-refractivity contribution in [2.24, 2.45) is 0 Å². The molecule has 0 spiro atoms. The Morgan fingerprint density at radius 1 is 1.57 bits per heavy atom. The summed E-state index contributed by atoms with van der Waals surface area (Å²) >= 11 is 3.39. The molecule has 0 fully saturated rings. The van der Waals surface area contributed by atoms with Gasteiger partial charge in [-0.25, -0.2) is 9.59 Å². The van der Waals surface area contributed by atoms with Crippen LogP contribution in [0.4, 0.5) is 4.79 Å². The Balaban J connectivity index is 2.84. The zero-order valence-electron chi connectivity index (χ0n) is 7.35. The van der Waals surface area contributed by atoms with E-state index in [4.69, 9.17) is 0 Å². The highest BCUT2D eigenvalue weighted by molar-refractivity contribution is 7.96. The quantitative estimate of drug-likeness (QED) is 0.616. The molecule has 0 aromatic carbocycles. The molecule has 5 nitrogen and oxygen atoms in total. The number of ether oxygens (including phenoxy) is 1. The summed E-state index contributed by atoms with van der Waals surface area (Å²) in [6, 6.07) is 0. The first-order valence-corrected chi connectivity index (χ1v) is 4.19. The standard InChI is InChI=1S/C8H8O5S/c1-2-3-5-6(4-11-8(10)14)13-7(9)12-5/h2-3H,4H2,1H3,(H,10,14)/b3-2+. The Morgan fingerprint density at radius 2 is 2.29 bits per heavy atom. The van der Waals surface area contributed by atoms with Gasteiger partial charge in [0.15, 0.2) is 18.1 Å². The third-order valence-corrected chi connectivity index (χ3v) is 1.45. The fourth-order valence-corrected chi connectivity index (χ4v) is 0.889. The van der Waals surface area contributed by atoms with Gasteiger partial charge in [-0.2, -0.15) is 0 Å². The summed E-state index contributed by atoms with van der Waals surface area (Å²) < 4.78 is 13.8. The summed E-state index contributed by atoms with van der Waals surface area (Å²) in [4.78, 5) is 21.1. The normalized spacial score (nSPS) is 10.7. The smallest absolute Gasteiger partial charge is 0.449 e. The maximum atomic E-state index is 10.7. The number of hydrogen-bond donors (Lipinski definition) is 1. The predicted octanol–water partition coefficient (Wildman–Crippen LogP) is 1.83. The molecule has 0 saturated carbocycles. The molecule has 0 aliphatic carbocycles. The molecule has 14 heavy (non-hydrogen) atoms. The molecule has 0 unspecified atom stereocenters. The van der Waals surface area contributed by atoms with Gasteiger partial charge in [0.05, 0.1) is 0 Å². The maximum Gasteiger partial charge on any atom is 0.519 e. The Labute approximate surface area is 84.8 Å². The molecule has 0 atom stereocenters. The van der Waals surface area contributed by atoms with Gasteiger partial charge in [-0.05, 0) is 13.0 Å². The zero-order valence-corrected chi connectivity index (χ0v) is 8.24. The van der Waals surface area contributed by atoms with Crippen molar-refractivity contribution < 1.29 is 18.4 Å². The van der Waals surface area contributed by atoms with Gasteiger partial charge in [-0.15, -0.1) is 0 Å². The van der Waals surface area contributed by atoms with Gasteiger partial charge >= 0.3 is 11.1 Å². The van der Waals surface area contributed by atoms with Crippen LogP contribution in [0, 0.1) is 0 Å². The Hall–Kier alpha value is -1.43. The van der Waals surface area contributed by atoms with Crippen molar-refractivity contribution in [3.63, 3.8) is 0 Å². The van der Waals surface area contributed by atoms with Crippen molar-refractivity contribution in [2.75, 3.05) is 0 Å². The maximum absolute atomic E-state index is 10.7. The van der Waals surface area contributed by atoms with Crippen LogP contribution in [0.2, 0.25) is 0 Å². The molecule has 1 aromatic heterocycles. The Morgan fingerprint density at radius 3 is 2.86 bits per heavy atom. The molecule has 1 rings (SSSR count). The molecular weight excluding hydrogens is 208 g/mol. The second-order valence-corrected chi connectivity index (χ2v) is 2.66. The summed E-state index contributed by atoms with van der Waals surface area (Å²) in [5.74, 6) is -0.425. The van der Waals surface area contributed by atoms with E-state index in [1.807, 2.05) is 0 Å². The van der Waals surface area contributed by atoms with Crippen LogP contribution < -0.4 is 5.82 Å². The summed E-state index contributed by atoms with van der Waals surface area (Å²) in [6.45, 7) is 1.58. The lowest BCUT2D eigenvalue weighted by atomic mass is 10.3. The van der Waals surface area contributed by atoms with Crippen molar-refractivity contribution in [3.05, 3.63) is 28.2 Å². The molecule has 0 radical (unpaired) electrons. The first-order valence-electron chi connectivity index (χ1n) is 3.74. The van der Waals surface area contributed by atoms with Crippen molar-refractivity contribution in [2.45, 2.75) is 13.5 Å². The van der Waals surface area contributed by atoms with E-state index in [0.717, 1.165) is 0 Å². The van der Waals surface area contributed by atoms with Crippen molar-refractivity contribution in [1.29, 1.82) is 0 Å². The van der Waals surface area contributed by atoms with Crippen LogP contribution in [0.3, 0.4) is 0 Å². The molecule has 0 bridgehead atoms. The number of thiol groups is 1. The van der Waals surface area contributed by atoms with Gasteiger partial charge in [0, 0.05) is 0 Å². The Kier molecular flexibility index (Phi) is 3.58. The second-order valence-electron chi connectivity index (χ2n) is 2.30. The third-order valence-electron chi connectivity index (χ3n) is 1.32. The number of rotatable bonds is 3. The average molecular weight is 216 g/mol. The number of allylic oxidation sites excluding steroid dienone is 1. The summed E-state index contributed by atoms with van der Waals surface area (Å²) in [5, 5.41) is -0.750. The van der Waals surface area contributed by atoms with Crippen LogP contribution in [-0.4, -0.2) is 5.30 Å². The van der Waals surface area contributed by atoms with Crippen LogP contribution in [0.25, 0.3) is 6.08 Å². The summed E-state index contributed by atoms with van der Waals surface area (Å²) in [5.41, 5.74) is 0. The molecule has 0 aliphatic heterocycles. The molecule has 0 saturated heterocycles. The van der Waals surface area contributed by atoms with Crippen molar-refractivity contribution >= 4 is 24.0 Å². The predicted molar refractivity (Wildman–Crippen MR) is 51.1 cm³/mol. The van der Waals surface area contributed by atoms with E-state index in [9.17, 15) is 9.59 Å². The molecular formula is C8H8O5S. The fourth-order valence-electron chi connectivity index (χ4n) is 0.825. The number of hydrogen-bond acceptors (Lipinski definition) is 5. The van der Waals surface area contributed by atoms with Crippen molar-refractivity contribution in [1.82, 2.24) is 0 Å². The minimum atomic E-state index is -0.830. The first-order chi connectivity index (χ1) is 6.63. The Bertz CT molecular complexity index is 400. The highest BCUT2D eigenvalue weighted by Crippen LogP contribution is 2.10. The van der Waals surface area contributed by atoms with E-state index in [0.29, 0.717) is 0 Å².